The first-order valence-electron chi connectivity index (χ1n) is 6.61. The molecule has 0 radical (unpaired) electrons. The highest BCUT2D eigenvalue weighted by molar-refractivity contribution is 7.80. The molecule has 0 aliphatic rings. The number of hydrogen-bond acceptors (Lipinski definition) is 2. The maximum atomic E-state index is 10.1. The summed E-state index contributed by atoms with van der Waals surface area (Å²) in [6.07, 6.45) is -0.605. The largest absolute Gasteiger partial charge is 0.387 e. The van der Waals surface area contributed by atoms with Crippen molar-refractivity contribution < 1.29 is 5.11 Å². The molecule has 0 spiro atoms. The van der Waals surface area contributed by atoms with Crippen LogP contribution in [0.15, 0.2) is 48.5 Å². The summed E-state index contributed by atoms with van der Waals surface area (Å²) in [7, 11) is 0. The van der Waals surface area contributed by atoms with E-state index in [1.807, 2.05) is 55.5 Å². The molecule has 2 rings (SSSR count). The van der Waals surface area contributed by atoms with Gasteiger partial charge >= 0.3 is 0 Å². The van der Waals surface area contributed by atoms with Crippen LogP contribution in [-0.2, 0) is 0 Å². The van der Waals surface area contributed by atoms with Gasteiger partial charge in [0.05, 0.1) is 6.10 Å². The van der Waals surface area contributed by atoms with E-state index >= 15 is 0 Å². The highest BCUT2D eigenvalue weighted by Gasteiger charge is 2.08. The molecule has 110 valence electrons. The molecule has 0 amide bonds. The van der Waals surface area contributed by atoms with Crippen LogP contribution in [0.3, 0.4) is 0 Å². The van der Waals surface area contributed by atoms with Crippen molar-refractivity contribution in [1.82, 2.24) is 5.32 Å². The Morgan fingerprint density at radius 1 is 1.19 bits per heavy atom. The van der Waals surface area contributed by atoms with Gasteiger partial charge in [-0.15, -0.1) is 0 Å². The van der Waals surface area contributed by atoms with Crippen molar-refractivity contribution in [3.05, 3.63) is 64.7 Å². The minimum atomic E-state index is -0.605. The van der Waals surface area contributed by atoms with E-state index in [4.69, 9.17) is 23.8 Å². The molecule has 3 nitrogen and oxygen atoms in total. The van der Waals surface area contributed by atoms with E-state index in [1.54, 1.807) is 0 Å². The van der Waals surface area contributed by atoms with Crippen LogP contribution < -0.4 is 10.6 Å². The monoisotopic (exact) mass is 320 g/mol. The Hall–Kier alpha value is -1.62. The fraction of sp³-hybridized carbons (Fsp3) is 0.188. The fourth-order valence-electron chi connectivity index (χ4n) is 1.89. The molecule has 0 aromatic heterocycles. The lowest BCUT2D eigenvalue weighted by Crippen LogP contribution is -2.32. The molecule has 0 saturated heterocycles. The standard InChI is InChI=1S/C16H17ClN2OS/c1-11-13(17)8-5-9-14(11)19-16(21)18-10-15(20)12-6-3-2-4-7-12/h2-9,15,20H,10H2,1H3,(H2,18,19,21)/t15-/m1/s1. The molecule has 0 aliphatic heterocycles. The summed E-state index contributed by atoms with van der Waals surface area (Å²) in [5.41, 5.74) is 2.65. The first-order valence-corrected chi connectivity index (χ1v) is 7.39. The summed E-state index contributed by atoms with van der Waals surface area (Å²) in [5.74, 6) is 0. The quantitative estimate of drug-likeness (QED) is 0.752. The third-order valence-corrected chi connectivity index (χ3v) is 3.81. The molecule has 0 aliphatic carbocycles. The Morgan fingerprint density at radius 3 is 2.62 bits per heavy atom. The van der Waals surface area contributed by atoms with E-state index in [-0.39, 0.29) is 0 Å². The lowest BCUT2D eigenvalue weighted by molar-refractivity contribution is 0.181. The molecular formula is C16H17ClN2OS. The Kier molecular flexibility index (Phi) is 5.56. The van der Waals surface area contributed by atoms with Crippen molar-refractivity contribution in [2.24, 2.45) is 0 Å². The second kappa shape index (κ2) is 7.41. The number of thiocarbonyl (C=S) groups is 1. The van der Waals surface area contributed by atoms with Crippen molar-refractivity contribution >= 4 is 34.6 Å². The SMILES string of the molecule is Cc1c(Cl)cccc1NC(=S)NC[C@@H](O)c1ccccc1. The van der Waals surface area contributed by atoms with E-state index in [0.29, 0.717) is 16.7 Å². The number of nitrogens with one attached hydrogen (secondary N) is 2. The Balaban J connectivity index is 1.89. The summed E-state index contributed by atoms with van der Waals surface area (Å²) in [4.78, 5) is 0. The zero-order chi connectivity index (χ0) is 15.2. The number of aliphatic hydroxyl groups excluding tert-OH is 1. The summed E-state index contributed by atoms with van der Waals surface area (Å²) in [6.45, 7) is 2.27. The van der Waals surface area contributed by atoms with Gasteiger partial charge in [-0.3, -0.25) is 0 Å². The topological polar surface area (TPSA) is 44.3 Å². The summed E-state index contributed by atoms with van der Waals surface area (Å²) in [6, 6.07) is 15.1. The molecule has 2 aromatic carbocycles. The van der Waals surface area contributed by atoms with Crippen molar-refractivity contribution in [1.29, 1.82) is 0 Å². The number of benzene rings is 2. The van der Waals surface area contributed by atoms with Crippen LogP contribution in [0, 0.1) is 6.92 Å². The lowest BCUT2D eigenvalue weighted by Gasteiger charge is -2.16. The van der Waals surface area contributed by atoms with Crippen LogP contribution in [0.1, 0.15) is 17.2 Å². The fourth-order valence-corrected chi connectivity index (χ4v) is 2.26. The van der Waals surface area contributed by atoms with Gasteiger partial charge < -0.3 is 15.7 Å². The van der Waals surface area contributed by atoms with Crippen molar-refractivity contribution in [2.75, 3.05) is 11.9 Å². The maximum Gasteiger partial charge on any atom is 0.170 e. The van der Waals surface area contributed by atoms with Crippen LogP contribution in [0.5, 0.6) is 0 Å². The number of anilines is 1. The first-order chi connectivity index (χ1) is 10.1. The molecule has 0 unspecified atom stereocenters. The minimum absolute atomic E-state index is 0.343. The molecule has 0 saturated carbocycles. The minimum Gasteiger partial charge on any atom is -0.387 e. The van der Waals surface area contributed by atoms with Gasteiger partial charge in [0.25, 0.3) is 0 Å². The second-order valence-electron chi connectivity index (χ2n) is 4.67. The number of halogens is 1. The predicted molar refractivity (Wildman–Crippen MR) is 91.8 cm³/mol. The number of hydrogen-bond donors (Lipinski definition) is 3. The second-order valence-corrected chi connectivity index (χ2v) is 5.49. The highest BCUT2D eigenvalue weighted by atomic mass is 35.5. The van der Waals surface area contributed by atoms with Gasteiger partial charge in [-0.2, -0.15) is 0 Å². The van der Waals surface area contributed by atoms with Gasteiger partial charge in [-0.05, 0) is 42.4 Å². The maximum absolute atomic E-state index is 10.1. The third kappa shape index (κ3) is 4.43. The summed E-state index contributed by atoms with van der Waals surface area (Å²) >= 11 is 11.3. The summed E-state index contributed by atoms with van der Waals surface area (Å²) in [5, 5.41) is 17.3. The van der Waals surface area contributed by atoms with Gasteiger partial charge in [0.2, 0.25) is 0 Å². The van der Waals surface area contributed by atoms with Crippen molar-refractivity contribution in [3.8, 4) is 0 Å². The van der Waals surface area contributed by atoms with Crippen LogP contribution in [0.2, 0.25) is 5.02 Å². The molecular weight excluding hydrogens is 304 g/mol. The predicted octanol–water partition coefficient (Wildman–Crippen LogP) is 3.67. The Labute approximate surface area is 135 Å². The molecule has 1 atom stereocenters. The van der Waals surface area contributed by atoms with Crippen LogP contribution in [0.4, 0.5) is 5.69 Å². The molecule has 0 fully saturated rings. The molecule has 0 bridgehead atoms. The normalized spacial score (nSPS) is 11.8. The molecule has 2 aromatic rings. The Bertz CT molecular complexity index is 619. The average Bonchev–Trinajstić information content (AvgIpc) is 2.50. The van der Waals surface area contributed by atoms with Gasteiger partial charge in [0, 0.05) is 17.3 Å². The van der Waals surface area contributed by atoms with E-state index in [2.05, 4.69) is 10.6 Å². The smallest absolute Gasteiger partial charge is 0.170 e. The molecule has 21 heavy (non-hydrogen) atoms. The number of aliphatic hydroxyl groups is 1. The molecule has 5 heteroatoms. The van der Waals surface area contributed by atoms with Gasteiger partial charge in [0.15, 0.2) is 5.11 Å². The van der Waals surface area contributed by atoms with Gasteiger partial charge in [0.1, 0.15) is 0 Å². The number of rotatable bonds is 4. The van der Waals surface area contributed by atoms with Gasteiger partial charge in [-0.1, -0.05) is 48.0 Å². The highest BCUT2D eigenvalue weighted by Crippen LogP contribution is 2.22. The zero-order valence-corrected chi connectivity index (χ0v) is 13.2. The first kappa shape index (κ1) is 15.8. The third-order valence-electron chi connectivity index (χ3n) is 3.16. The van der Waals surface area contributed by atoms with E-state index < -0.39 is 6.10 Å². The van der Waals surface area contributed by atoms with Crippen molar-refractivity contribution in [3.63, 3.8) is 0 Å². The van der Waals surface area contributed by atoms with Crippen LogP contribution in [0.25, 0.3) is 0 Å². The molecule has 0 heterocycles. The van der Waals surface area contributed by atoms with E-state index in [1.165, 1.54) is 0 Å². The summed E-state index contributed by atoms with van der Waals surface area (Å²) < 4.78 is 0. The zero-order valence-electron chi connectivity index (χ0n) is 11.6. The van der Waals surface area contributed by atoms with Crippen LogP contribution >= 0.6 is 23.8 Å². The lowest BCUT2D eigenvalue weighted by atomic mass is 10.1. The van der Waals surface area contributed by atoms with Gasteiger partial charge in [-0.25, -0.2) is 0 Å². The molecule has 3 N–H and O–H groups in total. The van der Waals surface area contributed by atoms with E-state index in [0.717, 1.165) is 16.8 Å². The van der Waals surface area contributed by atoms with E-state index in [9.17, 15) is 5.11 Å². The van der Waals surface area contributed by atoms with Crippen molar-refractivity contribution in [2.45, 2.75) is 13.0 Å². The van der Waals surface area contributed by atoms with Crippen LogP contribution in [-0.4, -0.2) is 16.8 Å². The average molecular weight is 321 g/mol. The Morgan fingerprint density at radius 2 is 1.90 bits per heavy atom.